The van der Waals surface area contributed by atoms with E-state index in [1.807, 2.05) is 0 Å². The second kappa shape index (κ2) is 6.18. The molecule has 1 aromatic rings. The number of rotatable bonds is 4. The molecule has 1 saturated heterocycles. The van der Waals surface area contributed by atoms with Crippen molar-refractivity contribution < 1.29 is 19.1 Å². The molecule has 1 aliphatic rings. The highest BCUT2D eigenvalue weighted by molar-refractivity contribution is 5.96. The van der Waals surface area contributed by atoms with Crippen molar-refractivity contribution in [1.82, 2.24) is 4.90 Å². The molecule has 0 radical (unpaired) electrons. The van der Waals surface area contributed by atoms with Crippen LogP contribution in [0.15, 0.2) is 18.2 Å². The van der Waals surface area contributed by atoms with Crippen molar-refractivity contribution in [2.45, 2.75) is 19.4 Å². The summed E-state index contributed by atoms with van der Waals surface area (Å²) in [5.41, 5.74) is 7.37. The predicted octanol–water partition coefficient (Wildman–Crippen LogP) is 0.747. The number of nitrogen functional groups attached to an aromatic ring is 1. The third kappa shape index (κ3) is 3.14. The van der Waals surface area contributed by atoms with Crippen LogP contribution in [0, 0.1) is 0 Å². The van der Waals surface area contributed by atoms with Gasteiger partial charge in [0, 0.05) is 42.7 Å². The molecule has 1 heterocycles. The van der Waals surface area contributed by atoms with Crippen LogP contribution in [-0.4, -0.2) is 36.2 Å². The van der Waals surface area contributed by atoms with Crippen molar-refractivity contribution in [2.24, 2.45) is 0 Å². The first-order valence-electron chi connectivity index (χ1n) is 6.36. The summed E-state index contributed by atoms with van der Waals surface area (Å²) in [6.45, 7) is 1.34. The van der Waals surface area contributed by atoms with Crippen molar-refractivity contribution in [3.63, 3.8) is 0 Å². The summed E-state index contributed by atoms with van der Waals surface area (Å²) in [5, 5.41) is 0. The van der Waals surface area contributed by atoms with E-state index in [1.54, 1.807) is 23.1 Å². The van der Waals surface area contributed by atoms with E-state index in [4.69, 9.17) is 5.73 Å². The summed E-state index contributed by atoms with van der Waals surface area (Å²) in [6.07, 6.45) is 0.818. The van der Waals surface area contributed by atoms with Gasteiger partial charge in [-0.25, -0.2) is 0 Å². The van der Waals surface area contributed by atoms with E-state index in [0.717, 1.165) is 0 Å². The molecule has 2 rings (SSSR count). The molecule has 6 nitrogen and oxygen atoms in total. The number of nitrogens with two attached hydrogens (primary N) is 1. The number of amides is 1. The van der Waals surface area contributed by atoms with E-state index in [1.165, 1.54) is 0 Å². The Kier molecular flexibility index (Phi) is 4.34. The van der Waals surface area contributed by atoms with E-state index in [2.05, 4.69) is 4.74 Å². The molecule has 20 heavy (non-hydrogen) atoms. The number of nitrogens with zero attached hydrogens (tertiary/aromatic N) is 1. The number of hydrogen-bond acceptors (Lipinski definition) is 5. The molecular weight excluding hydrogens is 260 g/mol. The molecule has 0 aromatic heterocycles. The van der Waals surface area contributed by atoms with Gasteiger partial charge in [0.2, 0.25) is 0 Å². The van der Waals surface area contributed by atoms with Gasteiger partial charge in [-0.1, -0.05) is 6.07 Å². The minimum absolute atomic E-state index is 0.0853. The Bertz CT molecular complexity index is 532. The van der Waals surface area contributed by atoms with Crippen LogP contribution in [0.3, 0.4) is 0 Å². The van der Waals surface area contributed by atoms with E-state index >= 15 is 0 Å². The van der Waals surface area contributed by atoms with Gasteiger partial charge >= 0.3 is 0 Å². The van der Waals surface area contributed by atoms with Crippen LogP contribution < -0.4 is 5.73 Å². The highest BCUT2D eigenvalue weighted by atomic mass is 16.5. The number of carbonyl (C=O) groups is 3. The second-order valence-electron chi connectivity index (χ2n) is 4.65. The second-order valence-corrected chi connectivity index (χ2v) is 4.65. The average molecular weight is 276 g/mol. The molecule has 0 aliphatic carbocycles. The lowest BCUT2D eigenvalue weighted by Gasteiger charge is -2.26. The Morgan fingerprint density at radius 1 is 1.35 bits per heavy atom. The van der Waals surface area contributed by atoms with Crippen LogP contribution in [0.1, 0.15) is 28.8 Å². The number of likely N-dealkylation sites (tertiary alicyclic amines) is 1. The molecule has 6 heteroatoms. The van der Waals surface area contributed by atoms with E-state index in [0.29, 0.717) is 49.2 Å². The number of benzene rings is 1. The number of Topliss-reactive ketones (excluding diaryl/α,β-unsaturated/α-hetero) is 1. The van der Waals surface area contributed by atoms with Crippen LogP contribution in [0.2, 0.25) is 0 Å². The fourth-order valence-electron chi connectivity index (χ4n) is 2.12. The lowest BCUT2D eigenvalue weighted by Crippen LogP contribution is -2.38. The molecule has 0 saturated carbocycles. The summed E-state index contributed by atoms with van der Waals surface area (Å²) < 4.78 is 4.64. The van der Waals surface area contributed by atoms with Crippen LogP contribution in [-0.2, 0) is 20.9 Å². The van der Waals surface area contributed by atoms with Crippen molar-refractivity contribution >= 4 is 23.9 Å². The predicted molar refractivity (Wildman–Crippen MR) is 71.9 cm³/mol. The van der Waals surface area contributed by atoms with Crippen molar-refractivity contribution in [2.75, 3.05) is 18.8 Å². The molecular formula is C14H16N2O4. The summed E-state index contributed by atoms with van der Waals surface area (Å²) in [7, 11) is 0. The normalized spacial score (nSPS) is 15.0. The molecule has 2 N–H and O–H groups in total. The Hall–Kier alpha value is -2.37. The first-order chi connectivity index (χ1) is 9.61. The Labute approximate surface area is 116 Å². The highest BCUT2D eigenvalue weighted by Gasteiger charge is 2.22. The van der Waals surface area contributed by atoms with Crippen molar-refractivity contribution in [3.05, 3.63) is 29.3 Å². The highest BCUT2D eigenvalue weighted by Crippen LogP contribution is 2.18. The topological polar surface area (TPSA) is 89.7 Å². The zero-order valence-corrected chi connectivity index (χ0v) is 11.0. The molecule has 0 bridgehead atoms. The van der Waals surface area contributed by atoms with Crippen LogP contribution in [0.4, 0.5) is 5.69 Å². The van der Waals surface area contributed by atoms with Crippen molar-refractivity contribution in [3.8, 4) is 0 Å². The van der Waals surface area contributed by atoms with Gasteiger partial charge in [0.05, 0.1) is 0 Å². The van der Waals surface area contributed by atoms with Gasteiger partial charge in [0.15, 0.2) is 0 Å². The maximum absolute atomic E-state index is 12.3. The van der Waals surface area contributed by atoms with Crippen LogP contribution in [0.5, 0.6) is 0 Å². The molecule has 1 aliphatic heterocycles. The van der Waals surface area contributed by atoms with E-state index in [-0.39, 0.29) is 18.3 Å². The summed E-state index contributed by atoms with van der Waals surface area (Å²) >= 11 is 0. The largest absolute Gasteiger partial charge is 0.463 e. The van der Waals surface area contributed by atoms with Gasteiger partial charge in [-0.05, 0) is 12.1 Å². The minimum atomic E-state index is -0.132. The van der Waals surface area contributed by atoms with Crippen LogP contribution in [0.25, 0.3) is 0 Å². The third-order valence-corrected chi connectivity index (χ3v) is 3.31. The number of piperidine rings is 1. The molecule has 0 spiro atoms. The molecule has 1 fully saturated rings. The number of ether oxygens (including phenoxy) is 1. The maximum atomic E-state index is 12.3. The Balaban J connectivity index is 2.08. The Morgan fingerprint density at radius 2 is 2.05 bits per heavy atom. The van der Waals surface area contributed by atoms with Gasteiger partial charge < -0.3 is 15.4 Å². The molecule has 106 valence electrons. The quantitative estimate of drug-likeness (QED) is 0.647. The lowest BCUT2D eigenvalue weighted by molar-refractivity contribution is -0.129. The summed E-state index contributed by atoms with van der Waals surface area (Å²) in [5.74, 6) is 0.0574. The summed E-state index contributed by atoms with van der Waals surface area (Å²) in [4.78, 5) is 35.2. The van der Waals surface area contributed by atoms with Crippen molar-refractivity contribution in [1.29, 1.82) is 0 Å². The zero-order valence-electron chi connectivity index (χ0n) is 11.0. The average Bonchev–Trinajstić information content (AvgIpc) is 2.46. The summed E-state index contributed by atoms with van der Waals surface area (Å²) in [6, 6.07) is 4.89. The Morgan fingerprint density at radius 3 is 2.65 bits per heavy atom. The molecule has 1 aromatic carbocycles. The minimum Gasteiger partial charge on any atom is -0.463 e. The molecule has 0 atom stereocenters. The molecule has 1 amide bonds. The van der Waals surface area contributed by atoms with Gasteiger partial charge in [-0.15, -0.1) is 0 Å². The van der Waals surface area contributed by atoms with Gasteiger partial charge in [0.25, 0.3) is 12.4 Å². The lowest BCUT2D eigenvalue weighted by atomic mass is 10.1. The SMILES string of the molecule is Nc1cc(C(=O)N2CCC(=O)CC2)ccc1COC=O. The van der Waals surface area contributed by atoms with Gasteiger partial charge in [0.1, 0.15) is 12.4 Å². The smallest absolute Gasteiger partial charge is 0.293 e. The fourth-order valence-corrected chi connectivity index (χ4v) is 2.12. The third-order valence-electron chi connectivity index (χ3n) is 3.31. The van der Waals surface area contributed by atoms with Gasteiger partial charge in [-0.3, -0.25) is 14.4 Å². The number of ketones is 1. The van der Waals surface area contributed by atoms with Gasteiger partial charge in [-0.2, -0.15) is 0 Å². The maximum Gasteiger partial charge on any atom is 0.293 e. The van der Waals surface area contributed by atoms with E-state index < -0.39 is 0 Å². The zero-order chi connectivity index (χ0) is 14.5. The monoisotopic (exact) mass is 276 g/mol. The van der Waals surface area contributed by atoms with Crippen LogP contribution >= 0.6 is 0 Å². The first kappa shape index (κ1) is 14.0. The fraction of sp³-hybridized carbons (Fsp3) is 0.357. The standard InChI is InChI=1S/C14H16N2O4/c15-13-7-10(1-2-11(13)8-20-9-17)14(19)16-5-3-12(18)4-6-16/h1-2,7,9H,3-6,8,15H2. The number of anilines is 1. The first-order valence-corrected chi connectivity index (χ1v) is 6.36. The molecule has 0 unspecified atom stereocenters. The van der Waals surface area contributed by atoms with E-state index in [9.17, 15) is 14.4 Å². The number of hydrogen-bond donors (Lipinski definition) is 1. The number of carbonyl (C=O) groups excluding carboxylic acids is 3.